The van der Waals surface area contributed by atoms with Crippen molar-refractivity contribution in [3.8, 4) is 0 Å². The number of nitrogens with two attached hydrogens (primary N) is 2. The van der Waals surface area contributed by atoms with Crippen molar-refractivity contribution in [2.45, 2.75) is 30.7 Å². The quantitative estimate of drug-likeness (QED) is 0.395. The fourth-order valence-electron chi connectivity index (χ4n) is 1.52. The van der Waals surface area contributed by atoms with E-state index in [2.05, 4.69) is 4.72 Å². The maximum Gasteiger partial charge on any atom is 0.209 e. The Labute approximate surface area is 77.3 Å². The number of aliphatic hydroxyl groups is 1. The van der Waals surface area contributed by atoms with Crippen molar-refractivity contribution in [1.82, 2.24) is 4.72 Å². The minimum absolute atomic E-state index is 0.417. The van der Waals surface area contributed by atoms with Crippen molar-refractivity contribution in [1.29, 1.82) is 0 Å². The van der Waals surface area contributed by atoms with Gasteiger partial charge in [-0.25, -0.2) is 13.1 Å². The lowest BCUT2D eigenvalue weighted by Gasteiger charge is -2.19. The van der Waals surface area contributed by atoms with E-state index in [4.69, 9.17) is 11.5 Å². The van der Waals surface area contributed by atoms with Gasteiger partial charge in [0.05, 0.1) is 18.4 Å². The molecule has 0 radical (unpaired) electrons. The lowest BCUT2D eigenvalue weighted by atomic mass is 10.2. The third-order valence-electron chi connectivity index (χ3n) is 2.16. The fraction of sp³-hybridized carbons (Fsp3) is 1.00. The Morgan fingerprint density at radius 2 is 1.92 bits per heavy atom. The molecule has 0 bridgehead atoms. The van der Waals surface area contributed by atoms with Crippen LogP contribution >= 0.6 is 0 Å². The molecule has 78 valence electrons. The molecule has 1 saturated carbocycles. The molecular weight excluding hydrogens is 194 g/mol. The largest absolute Gasteiger partial charge is 0.390 e. The van der Waals surface area contributed by atoms with Crippen LogP contribution in [-0.2, 0) is 10.0 Å². The van der Waals surface area contributed by atoms with E-state index in [0.29, 0.717) is 6.42 Å². The number of hydrogen-bond donors (Lipinski definition) is 4. The van der Waals surface area contributed by atoms with Crippen molar-refractivity contribution >= 4 is 10.0 Å². The Morgan fingerprint density at radius 1 is 1.38 bits per heavy atom. The van der Waals surface area contributed by atoms with Gasteiger partial charge < -0.3 is 16.6 Å². The van der Waals surface area contributed by atoms with E-state index < -0.39 is 34.3 Å². The highest BCUT2D eigenvalue weighted by molar-refractivity contribution is 7.88. The summed E-state index contributed by atoms with van der Waals surface area (Å²) < 4.78 is 24.0. The number of rotatable bonds is 2. The molecule has 0 aromatic carbocycles. The first-order valence-corrected chi connectivity index (χ1v) is 5.87. The molecule has 0 aromatic heterocycles. The van der Waals surface area contributed by atoms with Gasteiger partial charge in [-0.15, -0.1) is 0 Å². The van der Waals surface area contributed by atoms with Gasteiger partial charge in [-0.05, 0) is 6.42 Å². The number of aliphatic hydroxyl groups excluding tert-OH is 1. The summed E-state index contributed by atoms with van der Waals surface area (Å²) in [5.41, 5.74) is 11.1. The highest BCUT2D eigenvalue weighted by atomic mass is 32.2. The highest BCUT2D eigenvalue weighted by Gasteiger charge is 2.39. The van der Waals surface area contributed by atoms with E-state index in [9.17, 15) is 13.5 Å². The predicted molar refractivity (Wildman–Crippen MR) is 48.3 cm³/mol. The minimum atomic E-state index is -3.34. The molecule has 0 spiro atoms. The Balaban J connectivity index is 2.70. The van der Waals surface area contributed by atoms with Crippen LogP contribution in [0.2, 0.25) is 0 Å². The summed E-state index contributed by atoms with van der Waals surface area (Å²) in [5, 5.41) is 9.46. The normalized spacial score (nSPS) is 40.9. The highest BCUT2D eigenvalue weighted by Crippen LogP contribution is 2.17. The molecule has 1 aliphatic carbocycles. The fourth-order valence-corrected chi connectivity index (χ4v) is 2.33. The van der Waals surface area contributed by atoms with Gasteiger partial charge in [-0.2, -0.15) is 0 Å². The number of sulfonamides is 1. The van der Waals surface area contributed by atoms with Crippen LogP contribution in [0.1, 0.15) is 6.42 Å². The maximum atomic E-state index is 10.9. The first-order chi connectivity index (χ1) is 5.81. The lowest BCUT2D eigenvalue weighted by Crippen LogP contribution is -2.50. The standard InChI is InChI=1S/C6H15N3O3S/c1-13(11,12)9-5-3(7)2-4(8)6(5)10/h3-6,9-10H,2,7-8H2,1H3/t3-,4+,5+,6-/m1/s1. The maximum absolute atomic E-state index is 10.9. The molecule has 13 heavy (non-hydrogen) atoms. The first-order valence-electron chi connectivity index (χ1n) is 3.98. The topological polar surface area (TPSA) is 118 Å². The van der Waals surface area contributed by atoms with E-state index in [0.717, 1.165) is 6.26 Å². The molecule has 1 fully saturated rings. The van der Waals surface area contributed by atoms with E-state index in [1.54, 1.807) is 0 Å². The molecule has 4 atom stereocenters. The van der Waals surface area contributed by atoms with Gasteiger partial charge in [0.2, 0.25) is 10.0 Å². The molecule has 1 aliphatic rings. The molecule has 0 aromatic rings. The average Bonchev–Trinajstić information content (AvgIpc) is 2.14. The lowest BCUT2D eigenvalue weighted by molar-refractivity contribution is 0.140. The van der Waals surface area contributed by atoms with Gasteiger partial charge in [0.25, 0.3) is 0 Å². The second-order valence-electron chi connectivity index (χ2n) is 3.47. The summed E-state index contributed by atoms with van der Waals surface area (Å²) in [5.74, 6) is 0. The second kappa shape index (κ2) is 3.50. The molecule has 6 nitrogen and oxygen atoms in total. The molecular formula is C6H15N3O3S. The van der Waals surface area contributed by atoms with Crippen LogP contribution in [0.3, 0.4) is 0 Å². The van der Waals surface area contributed by atoms with Crippen LogP contribution in [-0.4, -0.2) is 44.0 Å². The zero-order valence-corrected chi connectivity index (χ0v) is 8.16. The summed E-state index contributed by atoms with van der Waals surface area (Å²) in [7, 11) is -3.34. The Morgan fingerprint density at radius 3 is 2.23 bits per heavy atom. The van der Waals surface area contributed by atoms with Gasteiger partial charge in [0.1, 0.15) is 0 Å². The van der Waals surface area contributed by atoms with Gasteiger partial charge in [-0.1, -0.05) is 0 Å². The summed E-state index contributed by atoms with van der Waals surface area (Å²) in [4.78, 5) is 0. The SMILES string of the molecule is CS(=O)(=O)N[C@@H]1[C@H](O)[C@@H](N)C[C@H]1N. The third kappa shape index (κ3) is 2.61. The van der Waals surface area contributed by atoms with Crippen LogP contribution in [0.25, 0.3) is 0 Å². The molecule has 0 heterocycles. The summed E-state index contributed by atoms with van der Waals surface area (Å²) in [6.45, 7) is 0. The van der Waals surface area contributed by atoms with E-state index in [1.807, 2.05) is 0 Å². The Bertz CT molecular complexity index is 279. The van der Waals surface area contributed by atoms with Crippen molar-refractivity contribution < 1.29 is 13.5 Å². The molecule has 0 aliphatic heterocycles. The van der Waals surface area contributed by atoms with E-state index in [1.165, 1.54) is 0 Å². The van der Waals surface area contributed by atoms with Gasteiger partial charge in [0, 0.05) is 12.1 Å². The molecule has 1 rings (SSSR count). The van der Waals surface area contributed by atoms with Gasteiger partial charge >= 0.3 is 0 Å². The minimum Gasteiger partial charge on any atom is -0.390 e. The zero-order valence-electron chi connectivity index (χ0n) is 7.34. The molecule has 7 heteroatoms. The Kier molecular flexibility index (Phi) is 2.93. The summed E-state index contributed by atoms with van der Waals surface area (Å²) >= 11 is 0. The van der Waals surface area contributed by atoms with Crippen LogP contribution in [0.15, 0.2) is 0 Å². The predicted octanol–water partition coefficient (Wildman–Crippen LogP) is -2.68. The van der Waals surface area contributed by atoms with E-state index in [-0.39, 0.29) is 0 Å². The van der Waals surface area contributed by atoms with Crippen LogP contribution in [0.4, 0.5) is 0 Å². The number of hydrogen-bond acceptors (Lipinski definition) is 5. The molecule has 0 saturated heterocycles. The molecule has 6 N–H and O–H groups in total. The van der Waals surface area contributed by atoms with Crippen molar-refractivity contribution in [3.05, 3.63) is 0 Å². The molecule has 0 amide bonds. The van der Waals surface area contributed by atoms with Crippen molar-refractivity contribution in [2.75, 3.05) is 6.26 Å². The van der Waals surface area contributed by atoms with Crippen LogP contribution in [0.5, 0.6) is 0 Å². The van der Waals surface area contributed by atoms with Crippen molar-refractivity contribution in [3.63, 3.8) is 0 Å². The zero-order chi connectivity index (χ0) is 10.2. The smallest absolute Gasteiger partial charge is 0.209 e. The summed E-state index contributed by atoms with van der Waals surface area (Å²) in [6, 6.07) is -1.53. The summed E-state index contributed by atoms with van der Waals surface area (Å²) in [6.07, 6.45) is 0.551. The Hall–Kier alpha value is -0.210. The average molecular weight is 209 g/mol. The molecule has 0 unspecified atom stereocenters. The van der Waals surface area contributed by atoms with Gasteiger partial charge in [0.15, 0.2) is 0 Å². The monoisotopic (exact) mass is 209 g/mol. The van der Waals surface area contributed by atoms with E-state index >= 15 is 0 Å². The third-order valence-corrected chi connectivity index (χ3v) is 2.86. The number of nitrogens with one attached hydrogen (secondary N) is 1. The van der Waals surface area contributed by atoms with Crippen LogP contribution in [0, 0.1) is 0 Å². The van der Waals surface area contributed by atoms with Crippen molar-refractivity contribution in [2.24, 2.45) is 11.5 Å². The van der Waals surface area contributed by atoms with Gasteiger partial charge in [-0.3, -0.25) is 0 Å². The first kappa shape index (κ1) is 10.9. The van der Waals surface area contributed by atoms with Crippen LogP contribution < -0.4 is 16.2 Å². The second-order valence-corrected chi connectivity index (χ2v) is 5.25.